The van der Waals surface area contributed by atoms with Gasteiger partial charge in [-0.05, 0) is 55.7 Å². The summed E-state index contributed by atoms with van der Waals surface area (Å²) in [5.41, 5.74) is 5.91. The number of aromatic nitrogens is 2. The van der Waals surface area contributed by atoms with Crippen LogP contribution in [0.4, 0.5) is 0 Å². The molecule has 29 heavy (non-hydrogen) atoms. The molecule has 0 aliphatic carbocycles. The Hall–Kier alpha value is -3.01. The Bertz CT molecular complexity index is 952. The van der Waals surface area contributed by atoms with Crippen LogP contribution in [0.15, 0.2) is 60.9 Å². The van der Waals surface area contributed by atoms with Gasteiger partial charge in [0, 0.05) is 36.3 Å². The van der Waals surface area contributed by atoms with Crippen molar-refractivity contribution in [3.8, 4) is 11.3 Å². The molecule has 1 aromatic carbocycles. The highest BCUT2D eigenvalue weighted by molar-refractivity contribution is 5.94. The van der Waals surface area contributed by atoms with Gasteiger partial charge in [0.05, 0.1) is 11.7 Å². The van der Waals surface area contributed by atoms with Crippen LogP contribution in [0.2, 0.25) is 0 Å². The molecule has 2 heterocycles. The highest BCUT2D eigenvalue weighted by Crippen LogP contribution is 2.27. The van der Waals surface area contributed by atoms with Gasteiger partial charge in [0.25, 0.3) is 5.91 Å². The molecular formula is C25H29N3O. The maximum atomic E-state index is 13.2. The Kier molecular flexibility index (Phi) is 6.76. The van der Waals surface area contributed by atoms with Crippen molar-refractivity contribution in [2.24, 2.45) is 0 Å². The Labute approximate surface area is 173 Å². The minimum Gasteiger partial charge on any atom is -0.335 e. The van der Waals surface area contributed by atoms with Crippen LogP contribution in [0.5, 0.6) is 0 Å². The Morgan fingerprint density at radius 1 is 1.07 bits per heavy atom. The average Bonchev–Trinajstić information content (AvgIpc) is 2.76. The molecule has 0 saturated heterocycles. The molecule has 1 atom stereocenters. The number of pyridine rings is 2. The zero-order valence-corrected chi connectivity index (χ0v) is 17.7. The van der Waals surface area contributed by atoms with Crippen LogP contribution in [-0.4, -0.2) is 27.8 Å². The Balaban J connectivity index is 1.81. The number of hydrogen-bond acceptors (Lipinski definition) is 3. The van der Waals surface area contributed by atoms with Crippen LogP contribution in [0, 0.1) is 13.8 Å². The van der Waals surface area contributed by atoms with E-state index in [1.54, 1.807) is 6.20 Å². The van der Waals surface area contributed by atoms with E-state index in [0.29, 0.717) is 5.56 Å². The second kappa shape index (κ2) is 9.46. The molecule has 0 aliphatic heterocycles. The summed E-state index contributed by atoms with van der Waals surface area (Å²) in [5.74, 6) is 0.0227. The lowest BCUT2D eigenvalue weighted by atomic mass is 10.00. The molecular weight excluding hydrogens is 358 g/mol. The molecule has 0 radical (unpaired) electrons. The van der Waals surface area contributed by atoms with E-state index < -0.39 is 0 Å². The van der Waals surface area contributed by atoms with Gasteiger partial charge in [-0.15, -0.1) is 0 Å². The van der Waals surface area contributed by atoms with Gasteiger partial charge in [0.2, 0.25) is 0 Å². The molecule has 0 bridgehead atoms. The zero-order chi connectivity index (χ0) is 20.8. The highest BCUT2D eigenvalue weighted by atomic mass is 16.2. The van der Waals surface area contributed by atoms with Crippen molar-refractivity contribution in [1.82, 2.24) is 14.9 Å². The molecule has 3 aromatic rings. The van der Waals surface area contributed by atoms with Gasteiger partial charge >= 0.3 is 0 Å². The molecule has 3 rings (SSSR count). The average molecular weight is 388 g/mol. The topological polar surface area (TPSA) is 46.1 Å². The van der Waals surface area contributed by atoms with E-state index in [4.69, 9.17) is 0 Å². The first-order valence-corrected chi connectivity index (χ1v) is 10.2. The second-order valence-electron chi connectivity index (χ2n) is 7.54. The van der Waals surface area contributed by atoms with E-state index in [0.717, 1.165) is 41.8 Å². The number of amides is 1. The van der Waals surface area contributed by atoms with Gasteiger partial charge in [-0.2, -0.15) is 0 Å². The Morgan fingerprint density at radius 2 is 1.83 bits per heavy atom. The molecule has 4 nitrogen and oxygen atoms in total. The van der Waals surface area contributed by atoms with Crippen molar-refractivity contribution in [3.05, 3.63) is 83.3 Å². The monoisotopic (exact) mass is 387 g/mol. The number of unbranched alkanes of at least 4 members (excludes halogenated alkanes) is 1. The van der Waals surface area contributed by atoms with Crippen molar-refractivity contribution in [2.75, 3.05) is 7.05 Å². The largest absolute Gasteiger partial charge is 0.335 e. The van der Waals surface area contributed by atoms with Crippen LogP contribution in [0.1, 0.15) is 59.4 Å². The van der Waals surface area contributed by atoms with Crippen molar-refractivity contribution >= 4 is 5.91 Å². The molecule has 1 amide bonds. The quantitative estimate of drug-likeness (QED) is 0.517. The van der Waals surface area contributed by atoms with Crippen LogP contribution in [0.25, 0.3) is 11.3 Å². The zero-order valence-electron chi connectivity index (χ0n) is 17.7. The molecule has 4 heteroatoms. The van der Waals surface area contributed by atoms with Crippen LogP contribution < -0.4 is 0 Å². The first-order chi connectivity index (χ1) is 14.0. The lowest BCUT2D eigenvalue weighted by Gasteiger charge is -2.28. The fourth-order valence-electron chi connectivity index (χ4n) is 3.47. The van der Waals surface area contributed by atoms with Crippen LogP contribution in [0.3, 0.4) is 0 Å². The molecule has 0 saturated carbocycles. The van der Waals surface area contributed by atoms with Crippen molar-refractivity contribution < 1.29 is 4.79 Å². The summed E-state index contributed by atoms with van der Waals surface area (Å²) in [6.07, 6.45) is 6.71. The van der Waals surface area contributed by atoms with Gasteiger partial charge in [-0.1, -0.05) is 44.0 Å². The lowest BCUT2D eigenvalue weighted by molar-refractivity contribution is 0.0720. The maximum Gasteiger partial charge on any atom is 0.254 e. The summed E-state index contributed by atoms with van der Waals surface area (Å²) in [5, 5.41) is 0. The van der Waals surface area contributed by atoms with Gasteiger partial charge in [-0.3, -0.25) is 14.8 Å². The molecule has 150 valence electrons. The third-order valence-corrected chi connectivity index (χ3v) is 5.47. The molecule has 0 unspecified atom stereocenters. The summed E-state index contributed by atoms with van der Waals surface area (Å²) in [6, 6.07) is 15.8. The number of carbonyl (C=O) groups excluding carboxylic acids is 1. The van der Waals surface area contributed by atoms with Crippen molar-refractivity contribution in [1.29, 1.82) is 0 Å². The van der Waals surface area contributed by atoms with E-state index >= 15 is 0 Å². The minimum atomic E-state index is 0.0227. The smallest absolute Gasteiger partial charge is 0.254 e. The normalized spacial score (nSPS) is 11.9. The van der Waals surface area contributed by atoms with Crippen LogP contribution in [-0.2, 0) is 0 Å². The van der Waals surface area contributed by atoms with Gasteiger partial charge in [0.1, 0.15) is 0 Å². The molecule has 0 N–H and O–H groups in total. The molecule has 0 spiro atoms. The summed E-state index contributed by atoms with van der Waals surface area (Å²) in [6.45, 7) is 6.24. The summed E-state index contributed by atoms with van der Waals surface area (Å²) < 4.78 is 0. The Morgan fingerprint density at radius 3 is 2.45 bits per heavy atom. The van der Waals surface area contributed by atoms with Gasteiger partial charge in [-0.25, -0.2) is 0 Å². The molecule has 0 fully saturated rings. The third-order valence-electron chi connectivity index (χ3n) is 5.47. The standard InChI is InChI=1S/C25H29N3O/c1-5-6-9-24(22-8-7-16-26-17-22)28(4)25(29)21-13-11-20(12-14-21)23-15-10-18(2)19(3)27-23/h7-8,10-17,24H,5-6,9H2,1-4H3/t24-/m1/s1. The number of benzene rings is 1. The summed E-state index contributed by atoms with van der Waals surface area (Å²) >= 11 is 0. The second-order valence-corrected chi connectivity index (χ2v) is 7.54. The SMILES string of the molecule is CCCC[C@H](c1cccnc1)N(C)C(=O)c1ccc(-c2ccc(C)c(C)n2)cc1. The summed E-state index contributed by atoms with van der Waals surface area (Å²) in [7, 11) is 1.88. The van der Waals surface area contributed by atoms with E-state index in [1.165, 1.54) is 5.56 Å². The number of aryl methyl sites for hydroxylation is 2. The van der Waals surface area contributed by atoms with Gasteiger partial charge in [0.15, 0.2) is 0 Å². The van der Waals surface area contributed by atoms with Crippen LogP contribution >= 0.6 is 0 Å². The first kappa shape index (κ1) is 20.7. The van der Waals surface area contributed by atoms with E-state index in [1.807, 2.05) is 67.5 Å². The number of carbonyl (C=O) groups is 1. The predicted octanol–water partition coefficient (Wildman–Crippen LogP) is 5.76. The first-order valence-electron chi connectivity index (χ1n) is 10.2. The molecule has 0 aliphatic rings. The number of nitrogens with zero attached hydrogens (tertiary/aromatic N) is 3. The van der Waals surface area contributed by atoms with E-state index in [2.05, 4.69) is 29.9 Å². The number of hydrogen-bond donors (Lipinski definition) is 0. The third kappa shape index (κ3) is 4.89. The highest BCUT2D eigenvalue weighted by Gasteiger charge is 2.22. The fraction of sp³-hybridized carbons (Fsp3) is 0.320. The van der Waals surface area contributed by atoms with E-state index in [-0.39, 0.29) is 11.9 Å². The minimum absolute atomic E-state index is 0.0227. The number of rotatable bonds is 7. The fourth-order valence-corrected chi connectivity index (χ4v) is 3.47. The lowest BCUT2D eigenvalue weighted by Crippen LogP contribution is -2.31. The van der Waals surface area contributed by atoms with Gasteiger partial charge < -0.3 is 4.90 Å². The molecule has 2 aromatic heterocycles. The summed E-state index contributed by atoms with van der Waals surface area (Å²) in [4.78, 5) is 23.9. The van der Waals surface area contributed by atoms with Crippen molar-refractivity contribution in [2.45, 2.75) is 46.1 Å². The maximum absolute atomic E-state index is 13.2. The predicted molar refractivity (Wildman–Crippen MR) is 118 cm³/mol. The van der Waals surface area contributed by atoms with E-state index in [9.17, 15) is 4.79 Å². The van der Waals surface area contributed by atoms with Crippen molar-refractivity contribution in [3.63, 3.8) is 0 Å².